The summed E-state index contributed by atoms with van der Waals surface area (Å²) in [4.78, 5) is 11.8. The second-order valence-electron chi connectivity index (χ2n) is 7.34. The zero-order chi connectivity index (χ0) is 15.8. The molecule has 0 heterocycles. The lowest BCUT2D eigenvalue weighted by atomic mass is 9.88. The van der Waals surface area contributed by atoms with Gasteiger partial charge in [0.05, 0.1) is 6.10 Å². The first-order chi connectivity index (χ1) is 9.15. The van der Waals surface area contributed by atoms with Gasteiger partial charge >= 0.3 is 0 Å². The summed E-state index contributed by atoms with van der Waals surface area (Å²) in [5.74, 6) is 1.09. The molecule has 4 nitrogen and oxygen atoms in total. The van der Waals surface area contributed by atoms with E-state index in [1.54, 1.807) is 0 Å². The third-order valence-corrected chi connectivity index (χ3v) is 3.61. The quantitative estimate of drug-likeness (QED) is 0.609. The highest BCUT2D eigenvalue weighted by molar-refractivity contribution is 5.75. The van der Waals surface area contributed by atoms with Crippen molar-refractivity contribution in [2.24, 2.45) is 23.0 Å². The fourth-order valence-electron chi connectivity index (χ4n) is 2.44. The number of hydrogen-bond donors (Lipinski definition) is 3. The fraction of sp³-hybridized carbons (Fsp3) is 0.938. The van der Waals surface area contributed by atoms with E-state index in [-0.39, 0.29) is 11.3 Å². The van der Waals surface area contributed by atoms with Crippen molar-refractivity contribution in [2.75, 3.05) is 13.1 Å². The maximum atomic E-state index is 11.8. The van der Waals surface area contributed by atoms with Crippen molar-refractivity contribution in [3.05, 3.63) is 0 Å². The van der Waals surface area contributed by atoms with Gasteiger partial charge in [-0.2, -0.15) is 0 Å². The van der Waals surface area contributed by atoms with E-state index in [2.05, 4.69) is 39.9 Å². The second kappa shape index (κ2) is 9.35. The summed E-state index contributed by atoms with van der Waals surface area (Å²) in [7, 11) is 0. The largest absolute Gasteiger partial charge is 0.391 e. The van der Waals surface area contributed by atoms with Crippen LogP contribution in [0.5, 0.6) is 0 Å². The Labute approximate surface area is 124 Å². The molecule has 20 heavy (non-hydrogen) atoms. The lowest BCUT2D eigenvalue weighted by Gasteiger charge is -2.23. The number of hydrogen-bond acceptors (Lipinski definition) is 3. The fourth-order valence-corrected chi connectivity index (χ4v) is 2.44. The summed E-state index contributed by atoms with van der Waals surface area (Å²) in [6.45, 7) is 11.6. The Morgan fingerprint density at radius 2 is 1.85 bits per heavy atom. The lowest BCUT2D eigenvalue weighted by molar-refractivity contribution is -0.122. The molecular formula is C16H34N2O2. The van der Waals surface area contributed by atoms with Gasteiger partial charge in [0.1, 0.15) is 0 Å². The molecule has 0 aromatic rings. The molecule has 0 rings (SSSR count). The van der Waals surface area contributed by atoms with E-state index in [1.807, 2.05) is 0 Å². The standard InChI is InChI=1S/C16H34N2O2/c1-12(2)13(8-9-17)6-7-15(20)18-11-14(19)10-16(3,4)5/h12-14,19H,6-11,17H2,1-5H3,(H,18,20). The van der Waals surface area contributed by atoms with Gasteiger partial charge in [0, 0.05) is 13.0 Å². The van der Waals surface area contributed by atoms with Crippen LogP contribution in [0.15, 0.2) is 0 Å². The number of rotatable bonds is 9. The Balaban J connectivity index is 3.93. The zero-order valence-electron chi connectivity index (χ0n) is 13.9. The van der Waals surface area contributed by atoms with E-state index in [9.17, 15) is 9.90 Å². The van der Waals surface area contributed by atoms with Crippen LogP contribution in [0.3, 0.4) is 0 Å². The van der Waals surface area contributed by atoms with Gasteiger partial charge in [0.2, 0.25) is 5.91 Å². The average molecular weight is 286 g/mol. The van der Waals surface area contributed by atoms with E-state index in [1.165, 1.54) is 0 Å². The van der Waals surface area contributed by atoms with E-state index in [0.29, 0.717) is 37.8 Å². The van der Waals surface area contributed by atoms with Gasteiger partial charge in [-0.05, 0) is 43.1 Å². The number of aliphatic hydroxyl groups is 1. The molecule has 0 fully saturated rings. The molecule has 0 aromatic heterocycles. The molecule has 0 aliphatic carbocycles. The predicted octanol–water partition coefficient (Wildman–Crippen LogP) is 2.30. The minimum atomic E-state index is -0.469. The summed E-state index contributed by atoms with van der Waals surface area (Å²) in [5.41, 5.74) is 5.67. The van der Waals surface area contributed by atoms with Crippen LogP contribution in [0.2, 0.25) is 0 Å². The van der Waals surface area contributed by atoms with Gasteiger partial charge < -0.3 is 16.2 Å². The lowest BCUT2D eigenvalue weighted by Crippen LogP contribution is -2.34. The van der Waals surface area contributed by atoms with E-state index >= 15 is 0 Å². The van der Waals surface area contributed by atoms with E-state index in [0.717, 1.165) is 12.8 Å². The molecule has 0 saturated carbocycles. The van der Waals surface area contributed by atoms with Gasteiger partial charge in [0.25, 0.3) is 0 Å². The topological polar surface area (TPSA) is 75.4 Å². The molecule has 4 N–H and O–H groups in total. The van der Waals surface area contributed by atoms with Crippen molar-refractivity contribution < 1.29 is 9.90 Å². The molecule has 0 spiro atoms. The van der Waals surface area contributed by atoms with Crippen molar-refractivity contribution >= 4 is 5.91 Å². The molecule has 2 atom stereocenters. The number of nitrogens with two attached hydrogens (primary N) is 1. The first-order valence-corrected chi connectivity index (χ1v) is 7.80. The van der Waals surface area contributed by atoms with Crippen LogP contribution in [0.1, 0.15) is 60.3 Å². The molecule has 0 aliphatic heterocycles. The number of carbonyl (C=O) groups is 1. The molecule has 0 radical (unpaired) electrons. The summed E-state index contributed by atoms with van der Waals surface area (Å²) in [6.07, 6.45) is 2.58. The molecular weight excluding hydrogens is 252 g/mol. The van der Waals surface area contributed by atoms with E-state index in [4.69, 9.17) is 5.73 Å². The van der Waals surface area contributed by atoms with Gasteiger partial charge in [0.15, 0.2) is 0 Å². The van der Waals surface area contributed by atoms with Crippen molar-refractivity contribution in [3.8, 4) is 0 Å². The Morgan fingerprint density at radius 1 is 1.25 bits per heavy atom. The van der Waals surface area contributed by atoms with Gasteiger partial charge in [-0.1, -0.05) is 34.6 Å². The van der Waals surface area contributed by atoms with Crippen LogP contribution in [0, 0.1) is 17.3 Å². The van der Waals surface area contributed by atoms with Crippen LogP contribution in [-0.2, 0) is 4.79 Å². The van der Waals surface area contributed by atoms with Crippen molar-refractivity contribution in [2.45, 2.75) is 66.4 Å². The Kier molecular flexibility index (Phi) is 9.06. The number of aliphatic hydroxyl groups excluding tert-OH is 1. The molecule has 120 valence electrons. The van der Waals surface area contributed by atoms with Gasteiger partial charge in [-0.3, -0.25) is 4.79 Å². The first-order valence-electron chi connectivity index (χ1n) is 7.80. The van der Waals surface area contributed by atoms with Gasteiger partial charge in [-0.25, -0.2) is 0 Å². The smallest absolute Gasteiger partial charge is 0.220 e. The van der Waals surface area contributed by atoms with E-state index < -0.39 is 6.10 Å². The SMILES string of the molecule is CC(C)C(CCN)CCC(=O)NCC(O)CC(C)(C)C. The summed E-state index contributed by atoms with van der Waals surface area (Å²) in [6, 6.07) is 0. The highest BCUT2D eigenvalue weighted by Crippen LogP contribution is 2.21. The van der Waals surface area contributed by atoms with Crippen LogP contribution >= 0.6 is 0 Å². The normalized spacial score (nSPS) is 15.2. The third-order valence-electron chi connectivity index (χ3n) is 3.61. The maximum absolute atomic E-state index is 11.8. The van der Waals surface area contributed by atoms with Crippen LogP contribution in [0.4, 0.5) is 0 Å². The van der Waals surface area contributed by atoms with Crippen LogP contribution < -0.4 is 11.1 Å². The minimum absolute atomic E-state index is 0.0284. The van der Waals surface area contributed by atoms with Crippen molar-refractivity contribution in [1.29, 1.82) is 0 Å². The maximum Gasteiger partial charge on any atom is 0.220 e. The number of nitrogens with one attached hydrogen (secondary N) is 1. The number of amides is 1. The third kappa shape index (κ3) is 10.2. The number of carbonyl (C=O) groups excluding carboxylic acids is 1. The highest BCUT2D eigenvalue weighted by Gasteiger charge is 2.18. The minimum Gasteiger partial charge on any atom is -0.391 e. The molecule has 0 bridgehead atoms. The van der Waals surface area contributed by atoms with Gasteiger partial charge in [-0.15, -0.1) is 0 Å². The monoisotopic (exact) mass is 286 g/mol. The molecule has 0 saturated heterocycles. The highest BCUT2D eigenvalue weighted by atomic mass is 16.3. The molecule has 4 heteroatoms. The Bertz CT molecular complexity index is 272. The predicted molar refractivity (Wildman–Crippen MR) is 84.3 cm³/mol. The molecule has 2 unspecified atom stereocenters. The molecule has 1 amide bonds. The van der Waals surface area contributed by atoms with Crippen LogP contribution in [0.25, 0.3) is 0 Å². The summed E-state index contributed by atoms with van der Waals surface area (Å²) >= 11 is 0. The van der Waals surface area contributed by atoms with Crippen molar-refractivity contribution in [1.82, 2.24) is 5.32 Å². The summed E-state index contributed by atoms with van der Waals surface area (Å²) < 4.78 is 0. The molecule has 0 aliphatic rings. The Morgan fingerprint density at radius 3 is 2.30 bits per heavy atom. The van der Waals surface area contributed by atoms with Crippen molar-refractivity contribution in [3.63, 3.8) is 0 Å². The first kappa shape index (κ1) is 19.4. The Hall–Kier alpha value is -0.610. The summed E-state index contributed by atoms with van der Waals surface area (Å²) in [5, 5.41) is 12.7. The molecule has 0 aromatic carbocycles. The second-order valence-corrected chi connectivity index (χ2v) is 7.34. The average Bonchev–Trinajstić information content (AvgIpc) is 2.29. The van der Waals surface area contributed by atoms with Crippen LogP contribution in [-0.4, -0.2) is 30.2 Å². The zero-order valence-corrected chi connectivity index (χ0v) is 13.9.